The van der Waals surface area contributed by atoms with Crippen molar-refractivity contribution < 1.29 is 9.21 Å². The highest BCUT2D eigenvalue weighted by atomic mass is 35.5. The Labute approximate surface area is 110 Å². The van der Waals surface area contributed by atoms with Crippen molar-refractivity contribution in [1.29, 1.82) is 0 Å². The van der Waals surface area contributed by atoms with Crippen molar-refractivity contribution in [2.75, 3.05) is 0 Å². The van der Waals surface area contributed by atoms with Gasteiger partial charge in [0.1, 0.15) is 0 Å². The molecule has 1 N–H and O–H groups in total. The maximum absolute atomic E-state index is 12.0. The lowest BCUT2D eigenvalue weighted by Gasteiger charge is -2.12. The summed E-state index contributed by atoms with van der Waals surface area (Å²) in [6.07, 6.45) is 1.93. The molecule has 1 unspecified atom stereocenters. The number of furan rings is 1. The van der Waals surface area contributed by atoms with Gasteiger partial charge >= 0.3 is 0 Å². The minimum Gasteiger partial charge on any atom is -0.440 e. The zero-order chi connectivity index (χ0) is 12.5. The topological polar surface area (TPSA) is 42.2 Å². The number of carbonyl (C=O) groups excluding carboxylic acids is 1. The van der Waals surface area contributed by atoms with E-state index < -0.39 is 0 Å². The molecule has 1 atom stereocenters. The van der Waals surface area contributed by atoms with Crippen LogP contribution in [0.2, 0.25) is 5.22 Å². The Morgan fingerprint density at radius 2 is 2.11 bits per heavy atom. The molecule has 0 spiro atoms. The maximum atomic E-state index is 12.0. The van der Waals surface area contributed by atoms with Crippen molar-refractivity contribution >= 4 is 17.5 Å². The fourth-order valence-electron chi connectivity index (χ4n) is 2.37. The zero-order valence-corrected chi connectivity index (χ0v) is 10.4. The van der Waals surface area contributed by atoms with E-state index in [-0.39, 0.29) is 22.9 Å². The summed E-state index contributed by atoms with van der Waals surface area (Å²) in [6, 6.07) is 11.4. The molecule has 0 saturated heterocycles. The lowest BCUT2D eigenvalue weighted by Crippen LogP contribution is -2.26. The Kier molecular flexibility index (Phi) is 2.84. The average molecular weight is 262 g/mol. The second-order valence-electron chi connectivity index (χ2n) is 4.37. The Balaban J connectivity index is 1.77. The predicted molar refractivity (Wildman–Crippen MR) is 68.7 cm³/mol. The molecule has 0 fully saturated rings. The largest absolute Gasteiger partial charge is 0.440 e. The smallest absolute Gasteiger partial charge is 0.287 e. The summed E-state index contributed by atoms with van der Waals surface area (Å²) in [6.45, 7) is 0. The van der Waals surface area contributed by atoms with Crippen LogP contribution in [0.1, 0.15) is 34.1 Å². The van der Waals surface area contributed by atoms with Gasteiger partial charge in [-0.15, -0.1) is 0 Å². The normalized spacial score (nSPS) is 17.5. The molecule has 0 radical (unpaired) electrons. The van der Waals surface area contributed by atoms with E-state index in [2.05, 4.69) is 17.4 Å². The number of benzene rings is 1. The second kappa shape index (κ2) is 4.50. The third-order valence-corrected chi connectivity index (χ3v) is 3.44. The molecule has 2 aromatic rings. The highest BCUT2D eigenvalue weighted by molar-refractivity contribution is 6.29. The van der Waals surface area contributed by atoms with E-state index in [0.717, 1.165) is 12.8 Å². The standard InChI is InChI=1S/C14H12ClNO2/c15-13-8-7-12(18-13)14(17)16-11-6-5-9-3-1-2-4-10(9)11/h1-4,7-8,11H,5-6H2,(H,16,17). The number of halogens is 1. The molecule has 18 heavy (non-hydrogen) atoms. The Bertz CT molecular complexity index is 591. The van der Waals surface area contributed by atoms with Crippen LogP contribution in [0.4, 0.5) is 0 Å². The van der Waals surface area contributed by atoms with E-state index in [1.54, 1.807) is 12.1 Å². The molecule has 0 aliphatic heterocycles. The van der Waals surface area contributed by atoms with Crippen LogP contribution < -0.4 is 5.32 Å². The van der Waals surface area contributed by atoms with Crippen molar-refractivity contribution in [3.8, 4) is 0 Å². The van der Waals surface area contributed by atoms with Crippen LogP contribution in [-0.2, 0) is 6.42 Å². The van der Waals surface area contributed by atoms with Gasteiger partial charge in [0.05, 0.1) is 6.04 Å². The van der Waals surface area contributed by atoms with Crippen LogP contribution in [-0.4, -0.2) is 5.91 Å². The summed E-state index contributed by atoms with van der Waals surface area (Å²) in [5.41, 5.74) is 2.50. The Morgan fingerprint density at radius 3 is 2.89 bits per heavy atom. The number of amides is 1. The van der Waals surface area contributed by atoms with E-state index in [1.807, 2.05) is 12.1 Å². The van der Waals surface area contributed by atoms with Crippen LogP contribution in [0, 0.1) is 0 Å². The molecular weight excluding hydrogens is 250 g/mol. The van der Waals surface area contributed by atoms with Gasteiger partial charge < -0.3 is 9.73 Å². The van der Waals surface area contributed by atoms with Crippen molar-refractivity contribution in [3.63, 3.8) is 0 Å². The molecular formula is C14H12ClNO2. The zero-order valence-electron chi connectivity index (χ0n) is 9.65. The van der Waals surface area contributed by atoms with Crippen LogP contribution in [0.15, 0.2) is 40.8 Å². The third kappa shape index (κ3) is 2.02. The molecule has 0 bridgehead atoms. The number of hydrogen-bond donors (Lipinski definition) is 1. The number of rotatable bonds is 2. The van der Waals surface area contributed by atoms with Crippen molar-refractivity contribution in [2.45, 2.75) is 18.9 Å². The van der Waals surface area contributed by atoms with Crippen LogP contribution in [0.3, 0.4) is 0 Å². The van der Waals surface area contributed by atoms with Gasteiger partial charge in [0.2, 0.25) is 0 Å². The van der Waals surface area contributed by atoms with Crippen molar-refractivity contribution in [2.24, 2.45) is 0 Å². The molecule has 92 valence electrons. The van der Waals surface area contributed by atoms with Crippen molar-refractivity contribution in [3.05, 3.63) is 58.5 Å². The minimum atomic E-state index is -0.219. The van der Waals surface area contributed by atoms with Crippen LogP contribution in [0.5, 0.6) is 0 Å². The molecule has 1 aliphatic rings. The number of aryl methyl sites for hydroxylation is 1. The summed E-state index contributed by atoms with van der Waals surface area (Å²) in [5, 5.41) is 3.20. The van der Waals surface area contributed by atoms with Gasteiger partial charge in [0.15, 0.2) is 11.0 Å². The van der Waals surface area contributed by atoms with Gasteiger partial charge in [-0.25, -0.2) is 0 Å². The van der Waals surface area contributed by atoms with Gasteiger partial charge in [-0.3, -0.25) is 4.79 Å². The van der Waals surface area contributed by atoms with Crippen LogP contribution >= 0.6 is 11.6 Å². The van der Waals surface area contributed by atoms with Gasteiger partial charge in [-0.05, 0) is 47.7 Å². The van der Waals surface area contributed by atoms with Crippen molar-refractivity contribution in [1.82, 2.24) is 5.32 Å². The van der Waals surface area contributed by atoms with E-state index >= 15 is 0 Å². The summed E-state index contributed by atoms with van der Waals surface area (Å²) in [4.78, 5) is 12.0. The Hall–Kier alpha value is -1.74. The maximum Gasteiger partial charge on any atom is 0.287 e. The van der Waals surface area contributed by atoms with Gasteiger partial charge in [-0.1, -0.05) is 24.3 Å². The van der Waals surface area contributed by atoms with E-state index in [9.17, 15) is 4.79 Å². The van der Waals surface area contributed by atoms with Crippen LogP contribution in [0.25, 0.3) is 0 Å². The summed E-state index contributed by atoms with van der Waals surface area (Å²) in [5.74, 6) is 0.0352. The number of fused-ring (bicyclic) bond motifs is 1. The number of hydrogen-bond acceptors (Lipinski definition) is 2. The summed E-state index contributed by atoms with van der Waals surface area (Å²) in [7, 11) is 0. The molecule has 4 heteroatoms. The fraction of sp³-hybridized carbons (Fsp3) is 0.214. The molecule has 3 nitrogen and oxygen atoms in total. The predicted octanol–water partition coefficient (Wildman–Crippen LogP) is 3.35. The lowest BCUT2D eigenvalue weighted by molar-refractivity contribution is 0.0909. The molecule has 1 aromatic carbocycles. The van der Waals surface area contributed by atoms with Gasteiger partial charge in [0, 0.05) is 0 Å². The second-order valence-corrected chi connectivity index (χ2v) is 4.74. The molecule has 3 rings (SSSR count). The first-order valence-corrected chi connectivity index (χ1v) is 6.26. The fourth-order valence-corrected chi connectivity index (χ4v) is 2.52. The third-order valence-electron chi connectivity index (χ3n) is 3.24. The van der Waals surface area contributed by atoms with Gasteiger partial charge in [-0.2, -0.15) is 0 Å². The summed E-state index contributed by atoms with van der Waals surface area (Å²) < 4.78 is 5.10. The molecule has 1 aliphatic carbocycles. The molecule has 1 aromatic heterocycles. The quantitative estimate of drug-likeness (QED) is 0.901. The molecule has 0 saturated carbocycles. The van der Waals surface area contributed by atoms with E-state index in [1.165, 1.54) is 11.1 Å². The highest BCUT2D eigenvalue weighted by Gasteiger charge is 2.24. The average Bonchev–Trinajstić information content (AvgIpc) is 2.97. The molecule has 1 amide bonds. The van der Waals surface area contributed by atoms with E-state index in [4.69, 9.17) is 16.0 Å². The summed E-state index contributed by atoms with van der Waals surface area (Å²) >= 11 is 5.66. The van der Waals surface area contributed by atoms with Gasteiger partial charge in [0.25, 0.3) is 5.91 Å². The number of carbonyl (C=O) groups is 1. The molecule has 1 heterocycles. The first-order chi connectivity index (χ1) is 8.74. The monoisotopic (exact) mass is 261 g/mol. The Morgan fingerprint density at radius 1 is 1.28 bits per heavy atom. The first kappa shape index (κ1) is 11.4. The first-order valence-electron chi connectivity index (χ1n) is 5.88. The van der Waals surface area contributed by atoms with E-state index in [0.29, 0.717) is 0 Å². The SMILES string of the molecule is O=C(NC1CCc2ccccc21)c1ccc(Cl)o1. The minimum absolute atomic E-state index is 0.0672. The highest BCUT2D eigenvalue weighted by Crippen LogP contribution is 2.31. The number of nitrogens with one attached hydrogen (secondary N) is 1. The lowest BCUT2D eigenvalue weighted by atomic mass is 10.1.